The zero-order valence-electron chi connectivity index (χ0n) is 15.0. The van der Waals surface area contributed by atoms with Crippen LogP contribution < -0.4 is 29.6 Å². The van der Waals surface area contributed by atoms with Crippen LogP contribution >= 0.6 is 0 Å². The number of rotatable bonds is 12. The summed E-state index contributed by atoms with van der Waals surface area (Å²) in [6, 6.07) is 0. The Kier molecular flexibility index (Phi) is 22.1. The predicted octanol–water partition coefficient (Wildman–Crippen LogP) is -0.258. The number of likely N-dealkylation sites (N-methyl/N-ethyl adjacent to an activating group) is 1. The Labute approximate surface area is 152 Å². The van der Waals surface area contributed by atoms with Gasteiger partial charge in [-0.1, -0.05) is 58.3 Å². The van der Waals surface area contributed by atoms with Crippen LogP contribution in [-0.4, -0.2) is 41.0 Å². The summed E-state index contributed by atoms with van der Waals surface area (Å²) in [5.41, 5.74) is 0. The second-order valence-electron chi connectivity index (χ2n) is 5.22. The van der Waals surface area contributed by atoms with Crippen LogP contribution in [0.3, 0.4) is 0 Å². The van der Waals surface area contributed by atoms with Crippen molar-refractivity contribution >= 4 is 11.9 Å². The molecule has 5 nitrogen and oxygen atoms in total. The number of nitrogens with zero attached hydrogens (tertiary/aromatic N) is 1. The van der Waals surface area contributed by atoms with Crippen molar-refractivity contribution in [3.8, 4) is 0 Å². The maximum atomic E-state index is 11.5. The van der Waals surface area contributed by atoms with E-state index in [4.69, 9.17) is 5.11 Å². The molecule has 0 aromatic carbocycles. The summed E-state index contributed by atoms with van der Waals surface area (Å²) in [4.78, 5) is 23.3. The number of aliphatic carboxylic acids is 1. The number of hydrogen-bond donors (Lipinski definition) is 1. The molecule has 0 heterocycles. The molecule has 0 aliphatic carbocycles. The second-order valence-corrected chi connectivity index (χ2v) is 5.22. The van der Waals surface area contributed by atoms with Gasteiger partial charge in [0.1, 0.15) is 6.54 Å². The van der Waals surface area contributed by atoms with Gasteiger partial charge in [0.05, 0.1) is 0 Å². The Hall–Kier alpha value is -0.100. The maximum absolute atomic E-state index is 11.5. The quantitative estimate of drug-likeness (QED) is 0.398. The fourth-order valence-electron chi connectivity index (χ4n) is 2.07. The molecule has 0 aromatic rings. The van der Waals surface area contributed by atoms with Gasteiger partial charge in [0.2, 0.25) is 5.91 Å². The molecule has 21 heavy (non-hydrogen) atoms. The van der Waals surface area contributed by atoms with Crippen molar-refractivity contribution in [2.75, 3.05) is 13.6 Å². The van der Waals surface area contributed by atoms with Crippen molar-refractivity contribution in [2.24, 2.45) is 0 Å². The summed E-state index contributed by atoms with van der Waals surface area (Å²) >= 11 is 0. The third-order valence-corrected chi connectivity index (χ3v) is 3.29. The number of unbranched alkanes of at least 4 members (excludes halogenated alkanes) is 8. The molecule has 122 valence electrons. The number of amides is 1. The number of carbonyl (C=O) groups is 2. The van der Waals surface area contributed by atoms with Gasteiger partial charge >= 0.3 is 35.5 Å². The van der Waals surface area contributed by atoms with Gasteiger partial charge in [-0.2, -0.15) is 0 Å². The van der Waals surface area contributed by atoms with E-state index in [0.717, 1.165) is 12.8 Å². The van der Waals surface area contributed by atoms with Crippen molar-refractivity contribution in [3.05, 3.63) is 0 Å². The van der Waals surface area contributed by atoms with E-state index >= 15 is 0 Å². The van der Waals surface area contributed by atoms with Crippen molar-refractivity contribution in [1.29, 1.82) is 0 Å². The smallest absolute Gasteiger partial charge is 1.00 e. The van der Waals surface area contributed by atoms with Gasteiger partial charge in [0.25, 0.3) is 0 Å². The predicted molar refractivity (Wildman–Crippen MR) is 81.8 cm³/mol. The molecule has 0 bridgehead atoms. The van der Waals surface area contributed by atoms with E-state index in [2.05, 4.69) is 6.92 Å². The van der Waals surface area contributed by atoms with Crippen LogP contribution in [-0.2, 0) is 9.59 Å². The van der Waals surface area contributed by atoms with Crippen LogP contribution in [0.2, 0.25) is 0 Å². The van der Waals surface area contributed by atoms with Crippen LogP contribution in [0.5, 0.6) is 0 Å². The third-order valence-electron chi connectivity index (χ3n) is 3.29. The van der Waals surface area contributed by atoms with Gasteiger partial charge < -0.3 is 16.9 Å². The molecule has 0 atom stereocenters. The van der Waals surface area contributed by atoms with Gasteiger partial charge in [-0.25, -0.2) is 0 Å². The largest absolute Gasteiger partial charge is 1.00 e. The zero-order valence-corrected chi connectivity index (χ0v) is 16.0. The molecule has 0 unspecified atom stereocenters. The number of carbonyl (C=O) groups excluding carboxylic acids is 1. The molecule has 0 aliphatic rings. The maximum Gasteiger partial charge on any atom is 1.00 e. The first-order valence-corrected chi connectivity index (χ1v) is 7.53. The number of hydrogen-bond acceptors (Lipinski definition) is 2. The summed E-state index contributed by atoms with van der Waals surface area (Å²) in [7, 11) is 1.55. The van der Waals surface area contributed by atoms with E-state index in [9.17, 15) is 9.59 Å². The second kappa shape index (κ2) is 18.0. The van der Waals surface area contributed by atoms with E-state index < -0.39 is 5.97 Å². The minimum atomic E-state index is -0.956. The number of carboxylic acids is 1. The van der Waals surface area contributed by atoms with Gasteiger partial charge in [-0.3, -0.25) is 9.59 Å². The molecule has 6 heteroatoms. The summed E-state index contributed by atoms with van der Waals surface area (Å²) < 4.78 is 0. The normalized spacial score (nSPS) is 9.43. The molecule has 0 rings (SSSR count). The van der Waals surface area contributed by atoms with Crippen LogP contribution in [0.25, 0.3) is 0 Å². The van der Waals surface area contributed by atoms with Gasteiger partial charge in [-0.15, -0.1) is 0 Å². The number of carboxylic acid groups (broad SMARTS) is 1. The summed E-state index contributed by atoms with van der Waals surface area (Å²) in [5, 5.41) is 8.57. The first kappa shape index (κ1) is 25.8. The Bertz CT molecular complexity index is 268. The van der Waals surface area contributed by atoms with E-state index in [1.54, 1.807) is 7.05 Å². The Morgan fingerprint density at radius 1 is 0.952 bits per heavy atom. The molecule has 0 saturated heterocycles. The van der Waals surface area contributed by atoms with E-state index in [0.29, 0.717) is 6.42 Å². The molecule has 0 aliphatic heterocycles. The average molecular weight is 313 g/mol. The molecule has 0 aromatic heterocycles. The summed E-state index contributed by atoms with van der Waals surface area (Å²) in [6.45, 7) is 2.02. The van der Waals surface area contributed by atoms with Crippen molar-refractivity contribution in [3.63, 3.8) is 0 Å². The van der Waals surface area contributed by atoms with Crippen molar-refractivity contribution < 1.29 is 51.2 Å². The molecule has 1 amide bonds. The Morgan fingerprint density at radius 3 is 1.81 bits per heavy atom. The summed E-state index contributed by atoms with van der Waals surface area (Å²) in [5.74, 6) is -1.02. The molecule has 3 N–H and O–H groups in total. The monoisotopic (exact) mass is 313 g/mol. The van der Waals surface area contributed by atoms with Gasteiger partial charge in [0, 0.05) is 13.5 Å². The third kappa shape index (κ3) is 17.8. The van der Waals surface area contributed by atoms with Gasteiger partial charge in [-0.05, 0) is 6.42 Å². The molecule has 0 fully saturated rings. The Morgan fingerprint density at radius 2 is 1.38 bits per heavy atom. The fourth-order valence-corrected chi connectivity index (χ4v) is 2.07. The molecular formula is C15H32NNaO4. The zero-order chi connectivity index (χ0) is 14.5. The van der Waals surface area contributed by atoms with E-state index in [1.807, 2.05) is 0 Å². The fraction of sp³-hybridized carbons (Fsp3) is 0.867. The SMILES string of the molecule is CCCCCCCCCCCC(=O)N(C)CC(=O)O.O.[H-].[Na+]. The van der Waals surface area contributed by atoms with Crippen LogP contribution in [0.4, 0.5) is 0 Å². The van der Waals surface area contributed by atoms with E-state index in [1.165, 1.54) is 49.8 Å². The summed E-state index contributed by atoms with van der Waals surface area (Å²) in [6.07, 6.45) is 11.4. The van der Waals surface area contributed by atoms with Crippen molar-refractivity contribution in [1.82, 2.24) is 4.90 Å². The van der Waals surface area contributed by atoms with Crippen molar-refractivity contribution in [2.45, 2.75) is 71.1 Å². The standard InChI is InChI=1S/C15H29NO3.Na.H2O.H/c1-3-4-5-6-7-8-9-10-11-12-14(17)16(2)13-15(18)19;;;/h3-13H2,1-2H3,(H,18,19);;1H2;/q;+1;;-1. The molecule has 0 spiro atoms. The first-order valence-electron chi connectivity index (χ1n) is 7.53. The average Bonchev–Trinajstić information content (AvgIpc) is 2.35. The topological polar surface area (TPSA) is 89.1 Å². The minimum absolute atomic E-state index is 0. The first-order chi connectivity index (χ1) is 9.07. The van der Waals surface area contributed by atoms with Crippen LogP contribution in [0.15, 0.2) is 0 Å². The molecule has 0 radical (unpaired) electrons. The Balaban J connectivity index is -0.000000540. The van der Waals surface area contributed by atoms with E-state index in [-0.39, 0.29) is 48.9 Å². The minimum Gasteiger partial charge on any atom is -1.00 e. The molecule has 0 saturated carbocycles. The van der Waals surface area contributed by atoms with Crippen LogP contribution in [0, 0.1) is 0 Å². The van der Waals surface area contributed by atoms with Gasteiger partial charge in [0.15, 0.2) is 0 Å². The van der Waals surface area contributed by atoms with Crippen LogP contribution in [0.1, 0.15) is 72.6 Å². The molecular weight excluding hydrogens is 281 g/mol.